The van der Waals surface area contributed by atoms with Gasteiger partial charge in [-0.05, 0) is 39.6 Å². The van der Waals surface area contributed by atoms with Gasteiger partial charge in [0.15, 0.2) is 0 Å². The van der Waals surface area contributed by atoms with Crippen molar-refractivity contribution in [3.05, 3.63) is 12.7 Å². The predicted molar refractivity (Wildman–Crippen MR) is 71.0 cm³/mol. The lowest BCUT2D eigenvalue weighted by atomic mass is 10.3. The average Bonchev–Trinajstić information content (AvgIpc) is 2.24. The molecule has 0 bridgehead atoms. The van der Waals surface area contributed by atoms with Crippen LogP contribution in [0.2, 0.25) is 0 Å². The SMILES string of the molecule is C=CC(=O)N(CCCN(C)C)CCCS(=O)(=O)O. The first-order valence-electron chi connectivity index (χ1n) is 5.77. The van der Waals surface area contributed by atoms with Crippen LogP contribution in [0, 0.1) is 0 Å². The first kappa shape index (κ1) is 17.1. The minimum atomic E-state index is -3.96. The van der Waals surface area contributed by atoms with Crippen molar-refractivity contribution in [2.45, 2.75) is 12.8 Å². The third kappa shape index (κ3) is 9.15. The summed E-state index contributed by atoms with van der Waals surface area (Å²) in [7, 11) is -0.0733. The molecule has 106 valence electrons. The molecular formula is C11H22N2O4S. The average molecular weight is 278 g/mol. The maximum atomic E-state index is 11.5. The molecule has 18 heavy (non-hydrogen) atoms. The molecule has 1 N–H and O–H groups in total. The second-order valence-corrected chi connectivity index (χ2v) is 5.90. The summed E-state index contributed by atoms with van der Waals surface area (Å²) in [5, 5.41) is 0. The normalized spacial score (nSPS) is 11.6. The van der Waals surface area contributed by atoms with Crippen molar-refractivity contribution in [2.75, 3.05) is 39.5 Å². The Kier molecular flexibility index (Phi) is 7.81. The summed E-state index contributed by atoms with van der Waals surface area (Å²) in [4.78, 5) is 15.1. The van der Waals surface area contributed by atoms with Gasteiger partial charge in [-0.25, -0.2) is 0 Å². The van der Waals surface area contributed by atoms with Crippen molar-refractivity contribution in [1.82, 2.24) is 9.80 Å². The minimum Gasteiger partial charge on any atom is -0.339 e. The predicted octanol–water partition coefficient (Wildman–Crippen LogP) is 0.231. The molecule has 0 aliphatic heterocycles. The maximum absolute atomic E-state index is 11.5. The molecule has 0 unspecified atom stereocenters. The highest BCUT2D eigenvalue weighted by molar-refractivity contribution is 7.85. The van der Waals surface area contributed by atoms with Crippen molar-refractivity contribution < 1.29 is 17.8 Å². The number of hydrogen-bond donors (Lipinski definition) is 1. The van der Waals surface area contributed by atoms with Gasteiger partial charge in [0, 0.05) is 13.1 Å². The first-order chi connectivity index (χ1) is 8.26. The smallest absolute Gasteiger partial charge is 0.264 e. The van der Waals surface area contributed by atoms with Crippen LogP contribution in [0.5, 0.6) is 0 Å². The summed E-state index contributed by atoms with van der Waals surface area (Å²) in [6.45, 7) is 5.11. The van der Waals surface area contributed by atoms with E-state index in [1.807, 2.05) is 19.0 Å². The van der Waals surface area contributed by atoms with E-state index >= 15 is 0 Å². The molecule has 0 aromatic rings. The van der Waals surface area contributed by atoms with Crippen LogP contribution in [0.25, 0.3) is 0 Å². The summed E-state index contributed by atoms with van der Waals surface area (Å²) in [5.41, 5.74) is 0. The van der Waals surface area contributed by atoms with Crippen LogP contribution in [-0.4, -0.2) is 68.2 Å². The third-order valence-corrected chi connectivity index (χ3v) is 3.15. The fraction of sp³-hybridized carbons (Fsp3) is 0.727. The van der Waals surface area contributed by atoms with Gasteiger partial charge < -0.3 is 9.80 Å². The van der Waals surface area contributed by atoms with Crippen LogP contribution in [0.3, 0.4) is 0 Å². The van der Waals surface area contributed by atoms with Crippen molar-refractivity contribution in [2.24, 2.45) is 0 Å². The van der Waals surface area contributed by atoms with Crippen molar-refractivity contribution >= 4 is 16.0 Å². The maximum Gasteiger partial charge on any atom is 0.264 e. The lowest BCUT2D eigenvalue weighted by Gasteiger charge is -2.21. The van der Waals surface area contributed by atoms with Gasteiger partial charge in [-0.3, -0.25) is 9.35 Å². The van der Waals surface area contributed by atoms with Crippen LogP contribution < -0.4 is 0 Å². The summed E-state index contributed by atoms with van der Waals surface area (Å²) >= 11 is 0. The molecule has 0 aliphatic carbocycles. The van der Waals surface area contributed by atoms with E-state index in [0.717, 1.165) is 13.0 Å². The standard InChI is InChI=1S/C11H22N2O4S/c1-4-11(14)13(8-5-7-12(2)3)9-6-10-18(15,16)17/h4H,1,5-10H2,2-3H3,(H,15,16,17). The van der Waals surface area contributed by atoms with Crippen LogP contribution >= 0.6 is 0 Å². The van der Waals surface area contributed by atoms with Gasteiger partial charge in [0.2, 0.25) is 5.91 Å². The molecule has 0 saturated carbocycles. The highest BCUT2D eigenvalue weighted by atomic mass is 32.2. The van der Waals surface area contributed by atoms with Gasteiger partial charge in [-0.2, -0.15) is 8.42 Å². The summed E-state index contributed by atoms with van der Waals surface area (Å²) < 4.78 is 29.8. The van der Waals surface area contributed by atoms with E-state index < -0.39 is 10.1 Å². The quantitative estimate of drug-likeness (QED) is 0.482. The number of carbonyl (C=O) groups is 1. The van der Waals surface area contributed by atoms with E-state index in [9.17, 15) is 13.2 Å². The van der Waals surface area contributed by atoms with Gasteiger partial charge in [-0.1, -0.05) is 6.58 Å². The molecule has 0 saturated heterocycles. The Morgan fingerprint density at radius 2 is 1.78 bits per heavy atom. The molecule has 0 aromatic heterocycles. The van der Waals surface area contributed by atoms with Gasteiger partial charge in [0.05, 0.1) is 5.75 Å². The number of amides is 1. The molecule has 0 rings (SSSR count). The number of hydrogen-bond acceptors (Lipinski definition) is 4. The molecule has 0 aliphatic rings. The zero-order valence-corrected chi connectivity index (χ0v) is 11.8. The van der Waals surface area contributed by atoms with E-state index in [4.69, 9.17) is 4.55 Å². The largest absolute Gasteiger partial charge is 0.339 e. The highest BCUT2D eigenvalue weighted by Gasteiger charge is 2.12. The Bertz CT molecular complexity index is 365. The molecule has 1 amide bonds. The molecule has 0 fully saturated rings. The lowest BCUT2D eigenvalue weighted by molar-refractivity contribution is -0.126. The van der Waals surface area contributed by atoms with Gasteiger partial charge in [0.25, 0.3) is 10.1 Å². The molecular weight excluding hydrogens is 256 g/mol. The van der Waals surface area contributed by atoms with Crippen LogP contribution in [-0.2, 0) is 14.9 Å². The number of carbonyl (C=O) groups excluding carboxylic acids is 1. The van der Waals surface area contributed by atoms with E-state index in [0.29, 0.717) is 13.1 Å². The van der Waals surface area contributed by atoms with E-state index in [2.05, 4.69) is 6.58 Å². The molecule has 0 aromatic carbocycles. The number of rotatable bonds is 9. The highest BCUT2D eigenvalue weighted by Crippen LogP contribution is 1.99. The van der Waals surface area contributed by atoms with E-state index in [1.165, 1.54) is 6.08 Å². The van der Waals surface area contributed by atoms with Gasteiger partial charge in [-0.15, -0.1) is 0 Å². The Morgan fingerprint density at radius 3 is 2.22 bits per heavy atom. The summed E-state index contributed by atoms with van der Waals surface area (Å²) in [6, 6.07) is 0. The molecule has 0 radical (unpaired) electrons. The fourth-order valence-electron chi connectivity index (χ4n) is 1.48. The summed E-state index contributed by atoms with van der Waals surface area (Å²) in [5.74, 6) is -0.550. The van der Waals surface area contributed by atoms with Crippen LogP contribution in [0.1, 0.15) is 12.8 Å². The van der Waals surface area contributed by atoms with Crippen LogP contribution in [0.4, 0.5) is 0 Å². The second-order valence-electron chi connectivity index (χ2n) is 4.33. The molecule has 0 spiro atoms. The van der Waals surface area contributed by atoms with E-state index in [1.54, 1.807) is 4.90 Å². The Labute approximate surface area is 109 Å². The molecule has 6 nitrogen and oxygen atoms in total. The zero-order valence-electron chi connectivity index (χ0n) is 11.0. The first-order valence-corrected chi connectivity index (χ1v) is 7.38. The van der Waals surface area contributed by atoms with Crippen molar-refractivity contribution in [3.8, 4) is 0 Å². The molecule has 0 heterocycles. The van der Waals surface area contributed by atoms with Crippen molar-refractivity contribution in [3.63, 3.8) is 0 Å². The summed E-state index contributed by atoms with van der Waals surface area (Å²) in [6.07, 6.45) is 2.24. The monoisotopic (exact) mass is 278 g/mol. The topological polar surface area (TPSA) is 77.9 Å². The second kappa shape index (κ2) is 8.23. The molecule has 0 atom stereocenters. The third-order valence-electron chi connectivity index (χ3n) is 2.35. The Morgan fingerprint density at radius 1 is 1.22 bits per heavy atom. The van der Waals surface area contributed by atoms with Gasteiger partial charge in [0.1, 0.15) is 0 Å². The van der Waals surface area contributed by atoms with Crippen molar-refractivity contribution in [1.29, 1.82) is 0 Å². The van der Waals surface area contributed by atoms with Crippen LogP contribution in [0.15, 0.2) is 12.7 Å². The van der Waals surface area contributed by atoms with Gasteiger partial charge >= 0.3 is 0 Å². The zero-order chi connectivity index (χ0) is 14.2. The fourth-order valence-corrected chi connectivity index (χ4v) is 1.97. The Hall–Kier alpha value is -0.920. The van der Waals surface area contributed by atoms with E-state index in [-0.39, 0.29) is 18.1 Å². The minimum absolute atomic E-state index is 0.218. The lowest BCUT2D eigenvalue weighted by Crippen LogP contribution is -2.33. The Balaban J connectivity index is 4.15. The number of nitrogens with zero attached hydrogens (tertiary/aromatic N) is 2. The molecule has 7 heteroatoms.